The van der Waals surface area contributed by atoms with Crippen LogP contribution in [0.25, 0.3) is 0 Å². The van der Waals surface area contributed by atoms with Crippen molar-refractivity contribution in [1.82, 2.24) is 10.1 Å². The van der Waals surface area contributed by atoms with E-state index in [-0.39, 0.29) is 22.9 Å². The molecule has 0 aliphatic heterocycles. The van der Waals surface area contributed by atoms with Crippen molar-refractivity contribution in [3.05, 3.63) is 47.2 Å². The van der Waals surface area contributed by atoms with E-state index in [0.717, 1.165) is 61.9 Å². The molecule has 4 aliphatic rings. The molecule has 0 unspecified atom stereocenters. The van der Waals surface area contributed by atoms with E-state index in [0.29, 0.717) is 42.9 Å². The van der Waals surface area contributed by atoms with Crippen molar-refractivity contribution < 1.29 is 24.3 Å². The lowest BCUT2D eigenvalue weighted by molar-refractivity contribution is -0.151. The lowest BCUT2D eigenvalue weighted by Crippen LogP contribution is -2.37. The Morgan fingerprint density at radius 1 is 1.19 bits per heavy atom. The first-order valence-corrected chi connectivity index (χ1v) is 16.6. The van der Waals surface area contributed by atoms with Crippen LogP contribution in [0.2, 0.25) is 0 Å². The van der Waals surface area contributed by atoms with Crippen molar-refractivity contribution >= 4 is 5.97 Å². The summed E-state index contributed by atoms with van der Waals surface area (Å²) in [5.74, 6) is 2.92. The molecule has 232 valence electrons. The van der Waals surface area contributed by atoms with Crippen LogP contribution in [-0.4, -0.2) is 44.6 Å². The molecule has 1 heterocycles. The molecular formula is C35H52N2O5. The summed E-state index contributed by atoms with van der Waals surface area (Å²) in [7, 11) is 0. The largest absolute Gasteiger partial charge is 0.461 e. The molecule has 7 heteroatoms. The first-order chi connectivity index (χ1) is 20.1. The number of hydrogen-bond acceptors (Lipinski definition) is 7. The highest BCUT2D eigenvalue weighted by atomic mass is 16.5. The van der Waals surface area contributed by atoms with Crippen LogP contribution < -0.4 is 0 Å². The fraction of sp³-hybridized carbons (Fsp3) is 0.743. The topological polar surface area (TPSA) is 106 Å². The molecule has 7 atom stereocenters. The Morgan fingerprint density at radius 3 is 2.69 bits per heavy atom. The summed E-state index contributed by atoms with van der Waals surface area (Å²) in [6.07, 6.45) is 15.7. The summed E-state index contributed by atoms with van der Waals surface area (Å²) in [4.78, 5) is 17.2. The number of allylic oxidation sites excluding steroid dienone is 3. The van der Waals surface area contributed by atoms with Gasteiger partial charge in [0, 0.05) is 19.3 Å². The second-order valence-electron chi connectivity index (χ2n) is 14.0. The molecule has 2 N–H and O–H groups in total. The van der Waals surface area contributed by atoms with Gasteiger partial charge in [0.15, 0.2) is 5.82 Å². The Hall–Kier alpha value is -2.25. The summed E-state index contributed by atoms with van der Waals surface area (Å²) in [6.45, 7) is 13.0. The van der Waals surface area contributed by atoms with E-state index < -0.39 is 12.2 Å². The van der Waals surface area contributed by atoms with Gasteiger partial charge in [-0.1, -0.05) is 57.2 Å². The molecule has 42 heavy (non-hydrogen) atoms. The Labute approximate surface area is 251 Å². The number of carbonyl (C=O) groups excluding carboxylic acids is 1. The van der Waals surface area contributed by atoms with Crippen LogP contribution in [0.15, 0.2) is 40.0 Å². The van der Waals surface area contributed by atoms with Gasteiger partial charge in [0.2, 0.25) is 5.89 Å². The quantitative estimate of drug-likeness (QED) is 0.273. The standard InChI is InChI=1S/C35H52N2O5/c1-6-9-31-36-33(42-37-31)35(18-19-35)30(41-32(40)7-2)16-11-22(3)27-14-15-28-24(10-8-17-34(27,28)5)12-13-25-20-26(38)21-29(39)23(25)4/h12-13,22,26-30,38-39H,4,6-11,14-21H2,1-3,5H3/t22-,26-,27-,28+,29+,30+,34-/m1/s1. The third kappa shape index (κ3) is 6.19. The van der Waals surface area contributed by atoms with Crippen molar-refractivity contribution in [2.75, 3.05) is 0 Å². The van der Waals surface area contributed by atoms with Gasteiger partial charge in [0.05, 0.1) is 17.6 Å². The number of hydrogen-bond donors (Lipinski definition) is 2. The van der Waals surface area contributed by atoms with Gasteiger partial charge in [-0.15, -0.1) is 0 Å². The van der Waals surface area contributed by atoms with E-state index in [1.165, 1.54) is 31.3 Å². The van der Waals surface area contributed by atoms with Gasteiger partial charge in [-0.2, -0.15) is 4.98 Å². The molecule has 4 fully saturated rings. The van der Waals surface area contributed by atoms with Crippen LogP contribution in [0.5, 0.6) is 0 Å². The summed E-state index contributed by atoms with van der Waals surface area (Å²) < 4.78 is 11.8. The maximum Gasteiger partial charge on any atom is 0.305 e. The molecule has 1 aromatic heterocycles. The fourth-order valence-corrected chi connectivity index (χ4v) is 8.57. The highest BCUT2D eigenvalue weighted by Crippen LogP contribution is 2.60. The van der Waals surface area contributed by atoms with Gasteiger partial charge < -0.3 is 19.5 Å². The number of carbonyl (C=O) groups is 1. The Bertz CT molecular complexity index is 1200. The number of rotatable bonds is 11. The van der Waals surface area contributed by atoms with Gasteiger partial charge in [-0.25, -0.2) is 0 Å². The molecule has 5 rings (SSSR count). The second-order valence-corrected chi connectivity index (χ2v) is 14.0. The molecule has 0 spiro atoms. The van der Waals surface area contributed by atoms with Gasteiger partial charge in [-0.05, 0) is 105 Å². The minimum Gasteiger partial charge on any atom is -0.461 e. The number of aryl methyl sites for hydroxylation is 1. The minimum atomic E-state index is -0.653. The van der Waals surface area contributed by atoms with Gasteiger partial charge >= 0.3 is 5.97 Å². The van der Waals surface area contributed by atoms with E-state index >= 15 is 0 Å². The lowest BCUT2D eigenvalue weighted by Gasteiger charge is -2.44. The predicted molar refractivity (Wildman–Crippen MR) is 162 cm³/mol. The molecule has 0 amide bonds. The third-order valence-electron chi connectivity index (χ3n) is 11.2. The number of aromatic nitrogens is 2. The van der Waals surface area contributed by atoms with Crippen molar-refractivity contribution in [3.8, 4) is 0 Å². The number of nitrogens with zero attached hydrogens (tertiary/aromatic N) is 2. The average Bonchev–Trinajstić information content (AvgIpc) is 3.49. The Balaban J connectivity index is 1.28. The van der Waals surface area contributed by atoms with E-state index in [4.69, 9.17) is 14.2 Å². The van der Waals surface area contributed by atoms with E-state index in [1.54, 1.807) is 0 Å². The monoisotopic (exact) mass is 580 g/mol. The van der Waals surface area contributed by atoms with Crippen LogP contribution >= 0.6 is 0 Å². The lowest BCUT2D eigenvalue weighted by atomic mass is 9.60. The molecule has 0 radical (unpaired) electrons. The first-order valence-electron chi connectivity index (χ1n) is 16.6. The van der Waals surface area contributed by atoms with Crippen molar-refractivity contribution in [1.29, 1.82) is 0 Å². The molecule has 7 nitrogen and oxygen atoms in total. The fourth-order valence-electron chi connectivity index (χ4n) is 8.57. The number of aliphatic hydroxyl groups is 2. The number of esters is 1. The molecule has 0 aromatic carbocycles. The second kappa shape index (κ2) is 12.8. The summed E-state index contributed by atoms with van der Waals surface area (Å²) in [6, 6.07) is 0. The maximum atomic E-state index is 12.5. The average molecular weight is 581 g/mol. The molecule has 0 saturated heterocycles. The Morgan fingerprint density at radius 2 is 1.98 bits per heavy atom. The van der Waals surface area contributed by atoms with Crippen LogP contribution in [0, 0.1) is 23.2 Å². The zero-order chi connectivity index (χ0) is 30.1. The van der Waals surface area contributed by atoms with E-state index in [1.807, 2.05) is 6.92 Å². The van der Waals surface area contributed by atoms with Crippen molar-refractivity contribution in [2.45, 2.75) is 141 Å². The highest BCUT2D eigenvalue weighted by molar-refractivity contribution is 5.69. The molecule has 0 bridgehead atoms. The summed E-state index contributed by atoms with van der Waals surface area (Å²) >= 11 is 0. The minimum absolute atomic E-state index is 0.156. The molecule has 1 aromatic rings. The normalized spacial score (nSPS) is 33.9. The maximum absolute atomic E-state index is 12.5. The molecule has 4 aliphatic carbocycles. The van der Waals surface area contributed by atoms with Gasteiger partial charge in [0.25, 0.3) is 0 Å². The number of fused-ring (bicyclic) bond motifs is 1. The third-order valence-corrected chi connectivity index (χ3v) is 11.2. The first kappa shape index (κ1) is 31.2. The Kier molecular flexibility index (Phi) is 9.48. The zero-order valence-electron chi connectivity index (χ0n) is 26.2. The molecular weight excluding hydrogens is 528 g/mol. The van der Waals surface area contributed by atoms with Crippen LogP contribution in [0.1, 0.15) is 123 Å². The number of ether oxygens (including phenoxy) is 1. The van der Waals surface area contributed by atoms with Gasteiger partial charge in [0.1, 0.15) is 6.10 Å². The van der Waals surface area contributed by atoms with Crippen LogP contribution in [0.3, 0.4) is 0 Å². The van der Waals surface area contributed by atoms with Crippen molar-refractivity contribution in [3.63, 3.8) is 0 Å². The van der Waals surface area contributed by atoms with Crippen LogP contribution in [-0.2, 0) is 21.4 Å². The summed E-state index contributed by atoms with van der Waals surface area (Å²) in [5, 5.41) is 24.7. The zero-order valence-corrected chi connectivity index (χ0v) is 26.2. The smallest absolute Gasteiger partial charge is 0.305 e. The number of aliphatic hydroxyl groups excluding tert-OH is 2. The molecule has 4 saturated carbocycles. The highest BCUT2D eigenvalue weighted by Gasteiger charge is 2.57. The van der Waals surface area contributed by atoms with Crippen molar-refractivity contribution in [2.24, 2.45) is 23.2 Å². The summed E-state index contributed by atoms with van der Waals surface area (Å²) in [5.41, 5.74) is 3.17. The SMILES string of the molecule is C=C1C(=CC=C2CCC[C@]3(C)[C@@H]([C@H](C)CC[C@H](OC(=O)CC)C4(c5nc(CCC)no5)CC4)CC[C@@H]23)C[C@@H](O)C[C@@H]1O. The van der Waals surface area contributed by atoms with E-state index in [2.05, 4.69) is 44.7 Å². The van der Waals surface area contributed by atoms with Gasteiger partial charge in [-0.3, -0.25) is 4.79 Å². The predicted octanol–water partition coefficient (Wildman–Crippen LogP) is 6.93. The van der Waals surface area contributed by atoms with Crippen LogP contribution in [0.4, 0.5) is 0 Å². The van der Waals surface area contributed by atoms with E-state index in [9.17, 15) is 15.0 Å².